The zero-order valence-corrected chi connectivity index (χ0v) is 15.6. The van der Waals surface area contributed by atoms with Crippen molar-refractivity contribution in [3.63, 3.8) is 0 Å². The van der Waals surface area contributed by atoms with Crippen LogP contribution in [0.2, 0.25) is 0 Å². The number of benzene rings is 1. The summed E-state index contributed by atoms with van der Waals surface area (Å²) in [6, 6.07) is 6.97. The molecule has 0 aliphatic rings. The first kappa shape index (κ1) is 21.4. The van der Waals surface area contributed by atoms with Crippen LogP contribution in [0.5, 0.6) is 5.75 Å². The van der Waals surface area contributed by atoms with Crippen LogP contribution in [0, 0.1) is 0 Å². The van der Waals surface area contributed by atoms with Crippen molar-refractivity contribution < 1.29 is 24.5 Å². The van der Waals surface area contributed by atoms with Crippen molar-refractivity contribution in [2.45, 2.75) is 68.4 Å². The Morgan fingerprint density at radius 2 is 1.68 bits per heavy atom. The summed E-state index contributed by atoms with van der Waals surface area (Å²) in [6.07, 6.45) is 8.63. The van der Waals surface area contributed by atoms with Crippen molar-refractivity contribution in [2.24, 2.45) is 0 Å². The van der Waals surface area contributed by atoms with Gasteiger partial charge in [-0.3, -0.25) is 4.79 Å². The fourth-order valence-corrected chi connectivity index (χ4v) is 3.57. The lowest BCUT2D eigenvalue weighted by atomic mass is 10.1. The van der Waals surface area contributed by atoms with Gasteiger partial charge in [0.1, 0.15) is 11.0 Å². The molecule has 2 N–H and O–H groups in total. The van der Waals surface area contributed by atoms with Gasteiger partial charge >= 0.3 is 11.9 Å². The molecule has 6 heteroatoms. The maximum absolute atomic E-state index is 11.5. The monoisotopic (exact) mass is 368 g/mol. The number of para-hydroxylation sites is 1. The lowest BCUT2D eigenvalue weighted by Crippen LogP contribution is -2.16. The molecule has 1 aromatic rings. The third-order valence-corrected chi connectivity index (χ3v) is 5.13. The number of carboxylic acid groups (broad SMARTS) is 2. The van der Waals surface area contributed by atoms with Crippen molar-refractivity contribution in [3.05, 3.63) is 24.3 Å². The molecule has 0 radical (unpaired) electrons. The lowest BCUT2D eigenvalue weighted by molar-refractivity contribution is -0.139. The largest absolute Gasteiger partial charge is 0.481 e. The zero-order valence-electron chi connectivity index (χ0n) is 14.8. The molecule has 0 bridgehead atoms. The first-order chi connectivity index (χ1) is 12.0. The molecule has 0 aliphatic heterocycles. The third kappa shape index (κ3) is 9.39. The van der Waals surface area contributed by atoms with E-state index in [2.05, 4.69) is 6.92 Å². The molecule has 0 heterocycles. The lowest BCUT2D eigenvalue weighted by Gasteiger charge is -2.15. The van der Waals surface area contributed by atoms with E-state index in [0.29, 0.717) is 17.1 Å². The first-order valence-electron chi connectivity index (χ1n) is 8.87. The molecule has 0 aromatic heterocycles. The van der Waals surface area contributed by atoms with Gasteiger partial charge in [-0.2, -0.15) is 0 Å². The standard InChI is InChI=1S/C19H28O5S/c1-2-3-4-5-6-7-8-13-17(19(22)23)25-16-12-10-9-11-15(16)24-14-18(20)21/h9-12,17H,2-8,13-14H2,1H3,(H,20,21)(H,22,23). The van der Waals surface area contributed by atoms with Crippen LogP contribution in [-0.4, -0.2) is 34.0 Å². The molecular formula is C19H28O5S. The quantitative estimate of drug-likeness (QED) is 0.361. The molecule has 0 amide bonds. The smallest absolute Gasteiger partial charge is 0.341 e. The summed E-state index contributed by atoms with van der Waals surface area (Å²) in [4.78, 5) is 22.9. The summed E-state index contributed by atoms with van der Waals surface area (Å²) in [5.74, 6) is -1.48. The van der Waals surface area contributed by atoms with E-state index in [4.69, 9.17) is 9.84 Å². The molecule has 1 atom stereocenters. The minimum Gasteiger partial charge on any atom is -0.481 e. The number of ether oxygens (including phenoxy) is 1. The third-order valence-electron chi connectivity index (χ3n) is 3.81. The Bertz CT molecular complexity index is 532. The van der Waals surface area contributed by atoms with Crippen LogP contribution in [0.15, 0.2) is 29.2 Å². The molecule has 0 aliphatic carbocycles. The summed E-state index contributed by atoms with van der Waals surface area (Å²) in [7, 11) is 0. The van der Waals surface area contributed by atoms with E-state index in [-0.39, 0.29) is 0 Å². The molecular weight excluding hydrogens is 340 g/mol. The van der Waals surface area contributed by atoms with E-state index in [1.165, 1.54) is 37.4 Å². The van der Waals surface area contributed by atoms with Gasteiger partial charge in [-0.25, -0.2) is 4.79 Å². The second-order valence-electron chi connectivity index (χ2n) is 5.98. The van der Waals surface area contributed by atoms with E-state index in [9.17, 15) is 14.7 Å². The number of rotatable bonds is 14. The Balaban J connectivity index is 2.49. The number of hydrogen-bond acceptors (Lipinski definition) is 4. The van der Waals surface area contributed by atoms with E-state index in [0.717, 1.165) is 19.3 Å². The summed E-state index contributed by atoms with van der Waals surface area (Å²) in [5.41, 5.74) is 0. The number of unbranched alkanes of at least 4 members (excludes halogenated alkanes) is 6. The van der Waals surface area contributed by atoms with E-state index >= 15 is 0 Å². The average molecular weight is 368 g/mol. The van der Waals surface area contributed by atoms with Crippen molar-refractivity contribution in [1.29, 1.82) is 0 Å². The summed E-state index contributed by atoms with van der Waals surface area (Å²) >= 11 is 1.23. The summed E-state index contributed by atoms with van der Waals surface area (Å²) < 4.78 is 5.25. The number of aliphatic carboxylic acids is 2. The van der Waals surface area contributed by atoms with Crippen molar-refractivity contribution in [3.8, 4) is 5.75 Å². The maximum atomic E-state index is 11.5. The topological polar surface area (TPSA) is 83.8 Å². The molecule has 0 fully saturated rings. The second kappa shape index (κ2) is 12.6. The number of carbonyl (C=O) groups is 2. The maximum Gasteiger partial charge on any atom is 0.341 e. The number of hydrogen-bond donors (Lipinski definition) is 2. The van der Waals surface area contributed by atoms with Crippen LogP contribution in [-0.2, 0) is 9.59 Å². The molecule has 0 spiro atoms. The first-order valence-corrected chi connectivity index (χ1v) is 9.75. The van der Waals surface area contributed by atoms with Crippen molar-refractivity contribution in [1.82, 2.24) is 0 Å². The van der Waals surface area contributed by atoms with Crippen LogP contribution < -0.4 is 4.74 Å². The van der Waals surface area contributed by atoms with Crippen molar-refractivity contribution in [2.75, 3.05) is 6.61 Å². The van der Waals surface area contributed by atoms with E-state index in [1.807, 2.05) is 0 Å². The van der Waals surface area contributed by atoms with Gasteiger partial charge in [0, 0.05) is 0 Å². The van der Waals surface area contributed by atoms with Crippen LogP contribution in [0.3, 0.4) is 0 Å². The normalized spacial score (nSPS) is 11.9. The van der Waals surface area contributed by atoms with Gasteiger partial charge in [-0.1, -0.05) is 64.0 Å². The molecule has 25 heavy (non-hydrogen) atoms. The predicted molar refractivity (Wildman–Crippen MR) is 99.5 cm³/mol. The minimum atomic E-state index is -1.06. The van der Waals surface area contributed by atoms with Crippen molar-refractivity contribution >= 4 is 23.7 Å². The Hall–Kier alpha value is -1.69. The Labute approximate surface area is 153 Å². The van der Waals surface area contributed by atoms with Gasteiger partial charge in [0.05, 0.1) is 4.90 Å². The molecule has 1 rings (SSSR count). The van der Waals surface area contributed by atoms with Crippen LogP contribution in [0.4, 0.5) is 0 Å². The van der Waals surface area contributed by atoms with Gasteiger partial charge in [-0.15, -0.1) is 11.8 Å². The minimum absolute atomic E-state index is 0.417. The van der Waals surface area contributed by atoms with Crippen LogP contribution in [0.25, 0.3) is 0 Å². The van der Waals surface area contributed by atoms with Crippen LogP contribution in [0.1, 0.15) is 58.3 Å². The van der Waals surface area contributed by atoms with Gasteiger partial charge in [0.15, 0.2) is 6.61 Å². The summed E-state index contributed by atoms with van der Waals surface area (Å²) in [5, 5.41) is 17.6. The predicted octanol–water partition coefficient (Wildman–Crippen LogP) is 4.84. The van der Waals surface area contributed by atoms with Gasteiger partial charge in [-0.05, 0) is 18.6 Å². The number of thioether (sulfide) groups is 1. The zero-order chi connectivity index (χ0) is 18.5. The summed E-state index contributed by atoms with van der Waals surface area (Å²) in [6.45, 7) is 1.75. The highest BCUT2D eigenvalue weighted by Crippen LogP contribution is 2.34. The highest BCUT2D eigenvalue weighted by molar-refractivity contribution is 8.00. The fraction of sp³-hybridized carbons (Fsp3) is 0.579. The molecule has 5 nitrogen and oxygen atoms in total. The highest BCUT2D eigenvalue weighted by Gasteiger charge is 2.20. The Kier molecular flexibility index (Phi) is 10.8. The SMILES string of the molecule is CCCCCCCCCC(Sc1ccccc1OCC(=O)O)C(=O)O. The van der Waals surface area contributed by atoms with Crippen LogP contribution >= 0.6 is 11.8 Å². The van der Waals surface area contributed by atoms with Gasteiger partial charge < -0.3 is 14.9 Å². The second-order valence-corrected chi connectivity index (χ2v) is 7.23. The molecule has 1 aromatic carbocycles. The van der Waals surface area contributed by atoms with E-state index in [1.54, 1.807) is 24.3 Å². The highest BCUT2D eigenvalue weighted by atomic mass is 32.2. The molecule has 0 saturated heterocycles. The average Bonchev–Trinajstić information content (AvgIpc) is 2.58. The Morgan fingerprint density at radius 1 is 1.04 bits per heavy atom. The molecule has 140 valence electrons. The van der Waals surface area contributed by atoms with Gasteiger partial charge in [0.2, 0.25) is 0 Å². The Morgan fingerprint density at radius 3 is 2.32 bits per heavy atom. The number of carboxylic acids is 2. The fourth-order valence-electron chi connectivity index (χ4n) is 2.48. The van der Waals surface area contributed by atoms with E-state index < -0.39 is 23.8 Å². The molecule has 0 saturated carbocycles. The van der Waals surface area contributed by atoms with Gasteiger partial charge in [0.25, 0.3) is 0 Å². The molecule has 1 unspecified atom stereocenters.